The lowest BCUT2D eigenvalue weighted by atomic mass is 9.83. The number of nitrogens with zero attached hydrogens (tertiary/aromatic N) is 2. The summed E-state index contributed by atoms with van der Waals surface area (Å²) in [5, 5.41) is 12.7. The maximum absolute atomic E-state index is 12.2. The predicted octanol–water partition coefficient (Wildman–Crippen LogP) is 3.60. The van der Waals surface area contributed by atoms with Gasteiger partial charge in [-0.25, -0.2) is 4.79 Å². The third kappa shape index (κ3) is 4.13. The van der Waals surface area contributed by atoms with Gasteiger partial charge in [-0.1, -0.05) is 30.3 Å². The molecule has 5 heteroatoms. The second-order valence-electron chi connectivity index (χ2n) is 8.27. The number of ether oxygens (including phenoxy) is 1. The molecule has 0 aliphatic carbocycles. The molecule has 2 aliphatic rings. The molecule has 2 fully saturated rings. The van der Waals surface area contributed by atoms with Gasteiger partial charge in [0.25, 0.3) is 0 Å². The molecular weight excluding hydrogens is 314 g/mol. The lowest BCUT2D eigenvalue weighted by molar-refractivity contribution is 0.0359. The standard InChI is InChI=1S/C20H27N3O2/c1-19(2,3)25-18(24)22-20(14-21)11-16-9-10-17(12-20)23(16)13-15-7-5-4-6-8-15/h4-8,16-17H,9-13H2,1-3H3,(H,22,24). The number of amides is 1. The van der Waals surface area contributed by atoms with Gasteiger partial charge in [-0.15, -0.1) is 0 Å². The molecule has 134 valence electrons. The molecule has 2 aliphatic heterocycles. The van der Waals surface area contributed by atoms with Crippen molar-refractivity contribution in [1.82, 2.24) is 10.2 Å². The van der Waals surface area contributed by atoms with Crippen molar-refractivity contribution in [3.8, 4) is 6.07 Å². The summed E-state index contributed by atoms with van der Waals surface area (Å²) in [5.41, 5.74) is -0.0846. The largest absolute Gasteiger partial charge is 0.444 e. The van der Waals surface area contributed by atoms with Crippen LogP contribution >= 0.6 is 0 Å². The van der Waals surface area contributed by atoms with Gasteiger partial charge in [0.1, 0.15) is 11.1 Å². The highest BCUT2D eigenvalue weighted by atomic mass is 16.6. The molecule has 2 unspecified atom stereocenters. The van der Waals surface area contributed by atoms with Crippen LogP contribution in [0.2, 0.25) is 0 Å². The fraction of sp³-hybridized carbons (Fsp3) is 0.600. The first-order valence-electron chi connectivity index (χ1n) is 9.02. The van der Waals surface area contributed by atoms with Crippen LogP contribution in [0.25, 0.3) is 0 Å². The number of carbonyl (C=O) groups is 1. The van der Waals surface area contributed by atoms with E-state index >= 15 is 0 Å². The minimum atomic E-state index is -0.818. The smallest absolute Gasteiger partial charge is 0.408 e. The van der Waals surface area contributed by atoms with Crippen molar-refractivity contribution < 1.29 is 9.53 Å². The maximum Gasteiger partial charge on any atom is 0.408 e. The Balaban J connectivity index is 1.69. The molecule has 2 atom stereocenters. The highest BCUT2D eigenvalue weighted by Crippen LogP contribution is 2.41. The van der Waals surface area contributed by atoms with Crippen LogP contribution in [0.3, 0.4) is 0 Å². The molecule has 0 spiro atoms. The summed E-state index contributed by atoms with van der Waals surface area (Å²) in [7, 11) is 0. The number of fused-ring (bicyclic) bond motifs is 2. The number of carbonyl (C=O) groups excluding carboxylic acids is 1. The van der Waals surface area contributed by atoms with Gasteiger partial charge in [0.15, 0.2) is 0 Å². The predicted molar refractivity (Wildman–Crippen MR) is 95.7 cm³/mol. The van der Waals surface area contributed by atoms with Gasteiger partial charge >= 0.3 is 6.09 Å². The fourth-order valence-electron chi connectivity index (χ4n) is 4.11. The van der Waals surface area contributed by atoms with Crippen LogP contribution in [0, 0.1) is 11.3 Å². The van der Waals surface area contributed by atoms with Crippen molar-refractivity contribution in [3.63, 3.8) is 0 Å². The van der Waals surface area contributed by atoms with Crippen molar-refractivity contribution in [3.05, 3.63) is 35.9 Å². The third-order valence-electron chi connectivity index (χ3n) is 5.10. The Morgan fingerprint density at radius 3 is 2.40 bits per heavy atom. The Labute approximate surface area is 150 Å². The van der Waals surface area contributed by atoms with Gasteiger partial charge in [-0.2, -0.15) is 5.26 Å². The van der Waals surface area contributed by atoms with E-state index in [-0.39, 0.29) is 0 Å². The quantitative estimate of drug-likeness (QED) is 0.912. The van der Waals surface area contributed by atoms with Crippen molar-refractivity contribution in [2.24, 2.45) is 0 Å². The topological polar surface area (TPSA) is 65.4 Å². The second-order valence-corrected chi connectivity index (χ2v) is 8.27. The van der Waals surface area contributed by atoms with E-state index in [1.807, 2.05) is 26.8 Å². The SMILES string of the molecule is CC(C)(C)OC(=O)NC1(C#N)CC2CCC(C1)N2Cc1ccccc1. The zero-order valence-corrected chi connectivity index (χ0v) is 15.3. The molecule has 2 saturated heterocycles. The number of piperidine rings is 1. The fourth-order valence-corrected chi connectivity index (χ4v) is 4.11. The van der Waals surface area contributed by atoms with E-state index in [2.05, 4.69) is 40.6 Å². The van der Waals surface area contributed by atoms with Gasteiger partial charge in [0.2, 0.25) is 0 Å². The van der Waals surface area contributed by atoms with E-state index in [0.717, 1.165) is 19.4 Å². The number of rotatable bonds is 3. The summed E-state index contributed by atoms with van der Waals surface area (Å²) in [4.78, 5) is 14.7. The molecular formula is C20H27N3O2. The van der Waals surface area contributed by atoms with Crippen molar-refractivity contribution in [2.75, 3.05) is 0 Å². The Kier molecular flexibility index (Phi) is 4.75. The zero-order valence-electron chi connectivity index (χ0n) is 15.3. The molecule has 1 aromatic carbocycles. The maximum atomic E-state index is 12.2. The van der Waals surface area contributed by atoms with Gasteiger partial charge in [-0.3, -0.25) is 4.90 Å². The summed E-state index contributed by atoms with van der Waals surface area (Å²) >= 11 is 0. The molecule has 0 saturated carbocycles. The summed E-state index contributed by atoms with van der Waals surface area (Å²) in [5.74, 6) is 0. The molecule has 2 bridgehead atoms. The van der Waals surface area contributed by atoms with Crippen molar-refractivity contribution in [2.45, 2.75) is 76.2 Å². The number of nitriles is 1. The average molecular weight is 341 g/mol. The molecule has 1 aromatic rings. The Morgan fingerprint density at radius 2 is 1.88 bits per heavy atom. The number of hydrogen-bond acceptors (Lipinski definition) is 4. The molecule has 2 heterocycles. The summed E-state index contributed by atoms with van der Waals surface area (Å²) in [6.07, 6.45) is 2.98. The average Bonchev–Trinajstić information content (AvgIpc) is 2.78. The highest BCUT2D eigenvalue weighted by Gasteiger charge is 2.49. The lowest BCUT2D eigenvalue weighted by Gasteiger charge is -2.43. The highest BCUT2D eigenvalue weighted by molar-refractivity contribution is 5.69. The summed E-state index contributed by atoms with van der Waals surface area (Å²) < 4.78 is 5.37. The summed E-state index contributed by atoms with van der Waals surface area (Å²) in [6, 6.07) is 13.5. The van der Waals surface area contributed by atoms with E-state index in [0.29, 0.717) is 24.9 Å². The van der Waals surface area contributed by atoms with Crippen molar-refractivity contribution in [1.29, 1.82) is 5.26 Å². The second kappa shape index (κ2) is 6.68. The Bertz CT molecular complexity index is 646. The zero-order chi connectivity index (χ0) is 18.1. The van der Waals surface area contributed by atoms with Crippen LogP contribution in [-0.4, -0.2) is 34.2 Å². The minimum absolute atomic E-state index is 0.327. The summed E-state index contributed by atoms with van der Waals surface area (Å²) in [6.45, 7) is 6.40. The molecule has 0 radical (unpaired) electrons. The number of nitrogens with one attached hydrogen (secondary N) is 1. The van der Waals surface area contributed by atoms with Crippen LogP contribution in [0.15, 0.2) is 30.3 Å². The van der Waals surface area contributed by atoms with E-state index in [1.54, 1.807) is 0 Å². The molecule has 1 amide bonds. The molecule has 25 heavy (non-hydrogen) atoms. The normalized spacial score (nSPS) is 29.0. The van der Waals surface area contributed by atoms with Crippen LogP contribution in [0.5, 0.6) is 0 Å². The van der Waals surface area contributed by atoms with Crippen LogP contribution in [0.1, 0.15) is 52.0 Å². The van der Waals surface area contributed by atoms with E-state index in [1.165, 1.54) is 5.56 Å². The van der Waals surface area contributed by atoms with Crippen LogP contribution in [-0.2, 0) is 11.3 Å². The van der Waals surface area contributed by atoms with Crippen LogP contribution < -0.4 is 5.32 Å². The van der Waals surface area contributed by atoms with E-state index in [4.69, 9.17) is 4.74 Å². The van der Waals surface area contributed by atoms with Gasteiger partial charge < -0.3 is 10.1 Å². The Morgan fingerprint density at radius 1 is 1.28 bits per heavy atom. The lowest BCUT2D eigenvalue weighted by Crippen LogP contribution is -2.58. The molecule has 1 N–H and O–H groups in total. The first-order valence-corrected chi connectivity index (χ1v) is 9.02. The number of benzene rings is 1. The third-order valence-corrected chi connectivity index (χ3v) is 5.10. The first-order chi connectivity index (χ1) is 11.8. The van der Waals surface area contributed by atoms with Crippen molar-refractivity contribution >= 4 is 6.09 Å². The van der Waals surface area contributed by atoms with Gasteiger partial charge in [0, 0.05) is 18.6 Å². The first kappa shape index (κ1) is 17.8. The minimum Gasteiger partial charge on any atom is -0.444 e. The number of hydrogen-bond donors (Lipinski definition) is 1. The molecule has 5 nitrogen and oxygen atoms in total. The van der Waals surface area contributed by atoms with E-state index < -0.39 is 17.2 Å². The molecule has 0 aromatic heterocycles. The van der Waals surface area contributed by atoms with E-state index in [9.17, 15) is 10.1 Å². The Hall–Kier alpha value is -2.06. The monoisotopic (exact) mass is 341 g/mol. The number of alkyl carbamates (subject to hydrolysis) is 1. The van der Waals surface area contributed by atoms with Gasteiger partial charge in [-0.05, 0) is 52.0 Å². The van der Waals surface area contributed by atoms with Crippen LogP contribution in [0.4, 0.5) is 4.79 Å². The molecule has 3 rings (SSSR count). The van der Waals surface area contributed by atoms with Gasteiger partial charge in [0.05, 0.1) is 6.07 Å².